The summed E-state index contributed by atoms with van der Waals surface area (Å²) in [5, 5.41) is 1.60. The van der Waals surface area contributed by atoms with Crippen LogP contribution in [0.15, 0.2) is 97.1 Å². The minimum atomic E-state index is 0.653. The minimum absolute atomic E-state index is 0.653. The maximum absolute atomic E-state index is 6.09. The second-order valence-corrected chi connectivity index (χ2v) is 7.14. The number of hydrogen-bond donors (Lipinski definition) is 0. The highest BCUT2D eigenvalue weighted by molar-refractivity contribution is 6.30. The van der Waals surface area contributed by atoms with Crippen LogP contribution in [0.5, 0.6) is 0 Å². The monoisotopic (exact) mass is 393 g/mol. The number of benzene rings is 3. The molecule has 0 aliphatic carbocycles. The summed E-state index contributed by atoms with van der Waals surface area (Å²) < 4.78 is 0. The minimum Gasteiger partial charge on any atom is -0.228 e. The van der Waals surface area contributed by atoms with Crippen molar-refractivity contribution < 1.29 is 0 Å². The Bertz CT molecular complexity index is 1280. The summed E-state index contributed by atoms with van der Waals surface area (Å²) in [4.78, 5) is 14.5. The molecular formula is C25H16ClN3. The summed E-state index contributed by atoms with van der Waals surface area (Å²) in [6.07, 6.45) is 0. The van der Waals surface area contributed by atoms with Crippen LogP contribution in [0.3, 0.4) is 0 Å². The van der Waals surface area contributed by atoms with Gasteiger partial charge in [-0.3, -0.25) is 0 Å². The molecule has 5 rings (SSSR count). The lowest BCUT2D eigenvalue weighted by atomic mass is 10.1. The van der Waals surface area contributed by atoms with Crippen molar-refractivity contribution in [3.63, 3.8) is 0 Å². The molecule has 138 valence electrons. The van der Waals surface area contributed by atoms with Gasteiger partial charge in [-0.15, -0.1) is 0 Å². The Morgan fingerprint density at radius 1 is 0.517 bits per heavy atom. The lowest BCUT2D eigenvalue weighted by Crippen LogP contribution is -1.97. The fourth-order valence-corrected chi connectivity index (χ4v) is 3.45. The average molecular weight is 394 g/mol. The summed E-state index contributed by atoms with van der Waals surface area (Å²) in [5.74, 6) is 0.653. The van der Waals surface area contributed by atoms with Crippen molar-refractivity contribution in [1.29, 1.82) is 0 Å². The van der Waals surface area contributed by atoms with Gasteiger partial charge in [0.15, 0.2) is 11.5 Å². The van der Waals surface area contributed by atoms with E-state index in [2.05, 4.69) is 0 Å². The number of hydrogen-bond acceptors (Lipinski definition) is 3. The first-order chi connectivity index (χ1) is 14.3. The second-order valence-electron chi connectivity index (χ2n) is 6.70. The molecule has 2 heterocycles. The molecule has 5 aromatic rings. The zero-order chi connectivity index (χ0) is 19.6. The largest absolute Gasteiger partial charge is 0.228 e. The third-order valence-electron chi connectivity index (χ3n) is 4.78. The predicted octanol–water partition coefficient (Wildman–Crippen LogP) is 6.68. The highest BCUT2D eigenvalue weighted by atomic mass is 35.5. The smallest absolute Gasteiger partial charge is 0.164 e. The highest BCUT2D eigenvalue weighted by Crippen LogP contribution is 2.30. The van der Waals surface area contributed by atoms with Crippen LogP contribution in [-0.2, 0) is 0 Å². The van der Waals surface area contributed by atoms with Crippen molar-refractivity contribution in [3.05, 3.63) is 102 Å². The Morgan fingerprint density at radius 3 is 1.86 bits per heavy atom. The van der Waals surface area contributed by atoms with Crippen molar-refractivity contribution in [2.75, 3.05) is 0 Å². The first-order valence-electron chi connectivity index (χ1n) is 9.33. The van der Waals surface area contributed by atoms with Crippen LogP contribution in [0.1, 0.15) is 0 Å². The van der Waals surface area contributed by atoms with Crippen LogP contribution in [0.25, 0.3) is 44.9 Å². The third kappa shape index (κ3) is 3.48. The van der Waals surface area contributed by atoms with Gasteiger partial charge < -0.3 is 0 Å². The molecule has 3 aromatic carbocycles. The normalized spacial score (nSPS) is 10.9. The van der Waals surface area contributed by atoms with E-state index in [0.29, 0.717) is 16.5 Å². The van der Waals surface area contributed by atoms with Gasteiger partial charge in [-0.2, -0.15) is 0 Å². The number of fused-ring (bicyclic) bond motifs is 1. The molecule has 0 amide bonds. The number of halogens is 1. The molecule has 0 aliphatic heterocycles. The maximum Gasteiger partial charge on any atom is 0.164 e. The molecule has 0 saturated heterocycles. The van der Waals surface area contributed by atoms with Gasteiger partial charge in [0, 0.05) is 27.1 Å². The van der Waals surface area contributed by atoms with Gasteiger partial charge >= 0.3 is 0 Å². The van der Waals surface area contributed by atoms with E-state index in [-0.39, 0.29) is 0 Å². The molecule has 0 atom stereocenters. The number of aromatic nitrogens is 3. The van der Waals surface area contributed by atoms with E-state index in [0.717, 1.165) is 33.5 Å². The molecule has 0 saturated carbocycles. The Labute approximate surface area is 173 Å². The number of rotatable bonds is 3. The Hall–Kier alpha value is -3.56. The van der Waals surface area contributed by atoms with Crippen molar-refractivity contribution in [3.8, 4) is 33.9 Å². The first-order valence-corrected chi connectivity index (χ1v) is 9.71. The van der Waals surface area contributed by atoms with E-state index in [4.69, 9.17) is 26.6 Å². The van der Waals surface area contributed by atoms with E-state index in [1.165, 1.54) is 0 Å². The molecule has 0 bridgehead atoms. The van der Waals surface area contributed by atoms with Crippen LogP contribution in [0.2, 0.25) is 5.02 Å². The summed E-state index contributed by atoms with van der Waals surface area (Å²) >= 11 is 6.09. The van der Waals surface area contributed by atoms with E-state index in [1.54, 1.807) is 0 Å². The van der Waals surface area contributed by atoms with Crippen molar-refractivity contribution >= 4 is 22.6 Å². The standard InChI is InChI=1S/C25H16ClN3/c26-20-13-11-18(12-14-20)23-21-15-16-22(17-7-3-1-4-8-17)27-25(21)29-24(28-23)19-9-5-2-6-10-19/h1-16H. The molecule has 3 nitrogen and oxygen atoms in total. The summed E-state index contributed by atoms with van der Waals surface area (Å²) in [6.45, 7) is 0. The van der Waals surface area contributed by atoms with Gasteiger partial charge in [-0.05, 0) is 24.3 Å². The topological polar surface area (TPSA) is 38.7 Å². The van der Waals surface area contributed by atoms with Crippen LogP contribution in [0, 0.1) is 0 Å². The molecule has 2 aromatic heterocycles. The van der Waals surface area contributed by atoms with Gasteiger partial charge in [0.25, 0.3) is 0 Å². The predicted molar refractivity (Wildman–Crippen MR) is 119 cm³/mol. The summed E-state index contributed by atoms with van der Waals surface area (Å²) in [7, 11) is 0. The van der Waals surface area contributed by atoms with Crippen LogP contribution >= 0.6 is 11.6 Å². The van der Waals surface area contributed by atoms with Crippen molar-refractivity contribution in [2.24, 2.45) is 0 Å². The summed E-state index contributed by atoms with van der Waals surface area (Å²) in [5.41, 5.74) is 5.40. The maximum atomic E-state index is 6.09. The molecule has 0 aliphatic rings. The van der Waals surface area contributed by atoms with E-state index in [9.17, 15) is 0 Å². The molecule has 29 heavy (non-hydrogen) atoms. The fraction of sp³-hybridized carbons (Fsp3) is 0. The Balaban J connectivity index is 1.76. The van der Waals surface area contributed by atoms with E-state index in [1.807, 2.05) is 97.1 Å². The molecule has 0 radical (unpaired) electrons. The lowest BCUT2D eigenvalue weighted by Gasteiger charge is -2.10. The van der Waals surface area contributed by atoms with Crippen LogP contribution < -0.4 is 0 Å². The lowest BCUT2D eigenvalue weighted by molar-refractivity contribution is 1.19. The Kier molecular flexibility index (Phi) is 4.51. The van der Waals surface area contributed by atoms with Gasteiger partial charge in [0.1, 0.15) is 0 Å². The quantitative estimate of drug-likeness (QED) is 0.343. The first kappa shape index (κ1) is 17.5. The average Bonchev–Trinajstić information content (AvgIpc) is 2.80. The zero-order valence-electron chi connectivity index (χ0n) is 15.5. The molecule has 0 fully saturated rings. The molecular weight excluding hydrogens is 378 g/mol. The number of nitrogens with zero attached hydrogens (tertiary/aromatic N) is 3. The second kappa shape index (κ2) is 7.46. The SMILES string of the molecule is Clc1ccc(-c2nc(-c3ccccc3)nc3nc(-c4ccccc4)ccc23)cc1. The molecule has 0 N–H and O–H groups in total. The van der Waals surface area contributed by atoms with Crippen LogP contribution in [-0.4, -0.2) is 15.0 Å². The van der Waals surface area contributed by atoms with Gasteiger partial charge in [0.05, 0.1) is 11.4 Å². The molecule has 0 unspecified atom stereocenters. The van der Waals surface area contributed by atoms with Gasteiger partial charge in [-0.25, -0.2) is 15.0 Å². The summed E-state index contributed by atoms with van der Waals surface area (Å²) in [6, 6.07) is 31.8. The molecule has 0 spiro atoms. The number of pyridine rings is 1. The van der Waals surface area contributed by atoms with E-state index >= 15 is 0 Å². The Morgan fingerprint density at radius 2 is 1.17 bits per heavy atom. The van der Waals surface area contributed by atoms with Crippen LogP contribution in [0.4, 0.5) is 0 Å². The third-order valence-corrected chi connectivity index (χ3v) is 5.03. The van der Waals surface area contributed by atoms with Gasteiger partial charge in [-0.1, -0.05) is 84.4 Å². The fourth-order valence-electron chi connectivity index (χ4n) is 3.32. The van der Waals surface area contributed by atoms with Crippen molar-refractivity contribution in [1.82, 2.24) is 15.0 Å². The molecule has 4 heteroatoms. The highest BCUT2D eigenvalue weighted by Gasteiger charge is 2.13. The van der Waals surface area contributed by atoms with Crippen molar-refractivity contribution in [2.45, 2.75) is 0 Å². The zero-order valence-corrected chi connectivity index (χ0v) is 16.2. The van der Waals surface area contributed by atoms with Gasteiger partial charge in [0.2, 0.25) is 0 Å². The van der Waals surface area contributed by atoms with E-state index < -0.39 is 0 Å².